The van der Waals surface area contributed by atoms with Gasteiger partial charge in [-0.05, 0) is 86.7 Å². The summed E-state index contributed by atoms with van der Waals surface area (Å²) in [5, 5.41) is 18.9. The van der Waals surface area contributed by atoms with Crippen molar-refractivity contribution in [3.8, 4) is 0 Å². The molecule has 13 nitrogen and oxygen atoms in total. The first kappa shape index (κ1) is 53.7. The molecule has 42 heavy (non-hydrogen) atoms. The molecule has 18 heteroatoms. The van der Waals surface area contributed by atoms with Gasteiger partial charge in [0.1, 0.15) is 11.2 Å². The van der Waals surface area contributed by atoms with Crippen LogP contribution in [0, 0.1) is 7.14 Å². The fourth-order valence-electron chi connectivity index (χ4n) is 1.94. The van der Waals surface area contributed by atoms with E-state index in [1.165, 1.54) is 4.90 Å². The summed E-state index contributed by atoms with van der Waals surface area (Å²) in [7, 11) is 3.39. The summed E-state index contributed by atoms with van der Waals surface area (Å²) in [6, 6.07) is 0. The number of nitrogens with zero attached hydrogens (tertiary/aromatic N) is 5. The number of hydrogen-bond donors (Lipinski definition) is 1. The third kappa shape index (κ3) is 35.1. The van der Waals surface area contributed by atoms with Crippen LogP contribution in [0.25, 0.3) is 0 Å². The second-order valence-corrected chi connectivity index (χ2v) is 12.4. The Morgan fingerprint density at radius 1 is 1.02 bits per heavy atom. The first-order valence-corrected chi connectivity index (χ1v) is 14.1. The largest absolute Gasteiger partial charge is 1.00 e. The van der Waals surface area contributed by atoms with Crippen molar-refractivity contribution in [2.45, 2.75) is 66.7 Å². The molecule has 2 rings (SSSR count). The second-order valence-electron chi connectivity index (χ2n) is 9.52. The Morgan fingerprint density at radius 3 is 1.74 bits per heavy atom. The minimum absolute atomic E-state index is 0. The van der Waals surface area contributed by atoms with E-state index in [-0.39, 0.29) is 165 Å². The smallest absolute Gasteiger partial charge is 1.00 e. The van der Waals surface area contributed by atoms with Crippen LogP contribution in [0.5, 0.6) is 0 Å². The topological polar surface area (TPSA) is 155 Å². The van der Waals surface area contributed by atoms with E-state index in [0.717, 1.165) is 7.14 Å². The molecule has 2 heterocycles. The molecule has 1 N–H and O–H groups in total. The van der Waals surface area contributed by atoms with Gasteiger partial charge in [-0.25, -0.2) is 9.59 Å². The van der Waals surface area contributed by atoms with Crippen molar-refractivity contribution in [3.05, 3.63) is 31.9 Å². The quantitative estimate of drug-likeness (QED) is 0.122. The summed E-state index contributed by atoms with van der Waals surface area (Å²) in [5.41, 5.74) is -0.885. The van der Waals surface area contributed by atoms with E-state index in [2.05, 4.69) is 65.4 Å². The number of carbonyl (C=O) groups excluding carboxylic acids is 3. The molecule has 0 atom stereocenters. The van der Waals surface area contributed by atoms with Gasteiger partial charge in [-0.2, -0.15) is 10.2 Å². The number of alkyl halides is 1. The Bertz CT molecular complexity index is 953. The van der Waals surface area contributed by atoms with Gasteiger partial charge in [0.25, 0.3) is 6.47 Å². The molecular formula is C24H43ClCs2I2N6O7. The molecule has 0 fully saturated rings. The molecule has 2 aromatic heterocycles. The average Bonchev–Trinajstić information content (AvgIpc) is 3.47. The average molecular weight is 1080 g/mol. The zero-order valence-electron chi connectivity index (χ0n) is 26.4. The van der Waals surface area contributed by atoms with E-state index in [4.69, 9.17) is 31.1 Å². The molecule has 0 bridgehead atoms. The number of nitrogens with one attached hydrogen (secondary N) is 1. The molecule has 0 aliphatic rings. The van der Waals surface area contributed by atoms with Gasteiger partial charge >= 0.3 is 150 Å². The summed E-state index contributed by atoms with van der Waals surface area (Å²) in [6.07, 6.45) is 6.68. The van der Waals surface area contributed by atoms with Crippen molar-refractivity contribution in [2.75, 3.05) is 33.1 Å². The molecule has 0 spiro atoms. The predicted molar refractivity (Wildman–Crippen MR) is 170 cm³/mol. The number of aromatic nitrogens is 4. The Balaban J connectivity index is -0.000000115. The van der Waals surface area contributed by atoms with Crippen molar-refractivity contribution < 1.29 is 173 Å². The number of amides is 2. The van der Waals surface area contributed by atoms with E-state index in [1.807, 2.05) is 58.6 Å². The van der Waals surface area contributed by atoms with E-state index < -0.39 is 11.2 Å². The first-order valence-electron chi connectivity index (χ1n) is 11.4. The van der Waals surface area contributed by atoms with Gasteiger partial charge in [-0.1, -0.05) is 7.43 Å². The molecule has 234 valence electrons. The van der Waals surface area contributed by atoms with Gasteiger partial charge in [-0.3, -0.25) is 14.6 Å². The Kier molecular flexibility index (Phi) is 39.1. The van der Waals surface area contributed by atoms with Crippen molar-refractivity contribution in [1.29, 1.82) is 0 Å². The van der Waals surface area contributed by atoms with Gasteiger partial charge in [0.2, 0.25) is 0 Å². The van der Waals surface area contributed by atoms with E-state index in [0.29, 0.717) is 25.5 Å². The molecular weight excluding hydrogens is 1040 g/mol. The normalized spacial score (nSPS) is 9.52. The number of ether oxygens (including phenoxy) is 2. The van der Waals surface area contributed by atoms with E-state index in [9.17, 15) is 9.59 Å². The monoisotopic (exact) mass is 1080 g/mol. The summed E-state index contributed by atoms with van der Waals surface area (Å²) < 4.78 is 14.4. The Labute approximate surface area is 401 Å². The molecule has 0 aliphatic carbocycles. The maximum Gasteiger partial charge on any atom is 1.00 e. The van der Waals surface area contributed by atoms with E-state index in [1.54, 1.807) is 31.4 Å². The third-order valence-electron chi connectivity index (χ3n) is 3.60. The van der Waals surface area contributed by atoms with Crippen LogP contribution >= 0.6 is 56.8 Å². The predicted octanol–water partition coefficient (Wildman–Crippen LogP) is -1.35. The van der Waals surface area contributed by atoms with Gasteiger partial charge in [0.05, 0.1) is 26.1 Å². The van der Waals surface area contributed by atoms with Crippen molar-refractivity contribution in [2.24, 2.45) is 0 Å². The summed E-state index contributed by atoms with van der Waals surface area (Å²) >= 11 is 9.84. The van der Waals surface area contributed by atoms with Crippen LogP contribution in [0.2, 0.25) is 0 Å². The number of likely N-dealkylation sites (N-methyl/N-ethyl adjacent to an activating group) is 1. The van der Waals surface area contributed by atoms with Gasteiger partial charge in [0, 0.05) is 45.5 Å². The number of carbonyl (C=O) groups is 3. The zero-order valence-corrected chi connectivity index (χ0v) is 43.1. The van der Waals surface area contributed by atoms with Crippen LogP contribution in [-0.2, 0) is 25.7 Å². The van der Waals surface area contributed by atoms with Crippen LogP contribution < -0.4 is 143 Å². The number of H-pyrrole nitrogens is 1. The minimum Gasteiger partial charge on any atom is -1.00 e. The maximum absolute atomic E-state index is 11.7. The number of halogens is 3. The molecule has 0 unspecified atom stereocenters. The van der Waals surface area contributed by atoms with Gasteiger partial charge < -0.3 is 30.8 Å². The van der Waals surface area contributed by atoms with Crippen LogP contribution in [0.3, 0.4) is 0 Å². The molecule has 2 amide bonds. The van der Waals surface area contributed by atoms with Gasteiger partial charge in [0.15, 0.2) is 0 Å². The van der Waals surface area contributed by atoms with Crippen LogP contribution in [-0.4, -0.2) is 92.7 Å². The molecule has 2 aromatic rings. The molecule has 0 aromatic carbocycles. The summed E-state index contributed by atoms with van der Waals surface area (Å²) in [4.78, 5) is 37.1. The third-order valence-corrected chi connectivity index (χ3v) is 4.92. The molecule has 0 saturated carbocycles. The Morgan fingerprint density at radius 2 is 1.48 bits per heavy atom. The SMILES string of the molecule is C.CN(CCCl)C(=O)OC(C)(C)C.CN(CCn1cc(I)cn1)C(=O)OC(C)(C)C.Ic1cn[nH]c1.O=CO[O-].[Cs+].[Cs+].[H-]. The number of aromatic amines is 1. The first-order chi connectivity index (χ1) is 17.9. The summed E-state index contributed by atoms with van der Waals surface area (Å²) in [6.45, 7) is 12.6. The number of hydrogen-bond acceptors (Lipinski definition) is 9. The Hall–Kier alpha value is 2.24. The van der Waals surface area contributed by atoms with E-state index >= 15 is 0 Å². The van der Waals surface area contributed by atoms with Crippen LogP contribution in [0.4, 0.5) is 9.59 Å². The second kappa shape index (κ2) is 30.6. The summed E-state index contributed by atoms with van der Waals surface area (Å²) in [5.74, 6) is 0.426. The minimum atomic E-state index is -0.452. The molecule has 0 aliphatic heterocycles. The van der Waals surface area contributed by atoms with Crippen LogP contribution in [0.1, 0.15) is 50.4 Å². The molecule has 0 saturated heterocycles. The van der Waals surface area contributed by atoms with Crippen molar-refractivity contribution in [3.63, 3.8) is 0 Å². The fourth-order valence-corrected chi connectivity index (χ4v) is 2.92. The fraction of sp³-hybridized carbons (Fsp3) is 0.625. The van der Waals surface area contributed by atoms with Crippen molar-refractivity contribution >= 4 is 75.4 Å². The standard InChI is InChI=1S/C11H18IN3O2.C8H16ClNO2.C3H3IN2.CH2O3.CH4.2Cs.H/c1-11(2,3)17-10(16)14(4)5-6-15-8-9(12)7-13-15;1-8(2,3)12-7(11)10(4)6-5-9;4-3-1-5-6-2-3;2-1-4-3;;;;/h7-8H,5-6H2,1-4H3;5-6H2,1-4H3;1-2H,(H,5,6);1,3H;1H4;;;/q;;;;;2*+1;-1/p-1. The maximum atomic E-state index is 11.7. The van der Waals surface area contributed by atoms with Gasteiger partial charge in [-0.15, -0.1) is 11.6 Å². The molecule has 0 radical (unpaired) electrons. The zero-order chi connectivity index (χ0) is 30.6. The van der Waals surface area contributed by atoms with Crippen molar-refractivity contribution in [1.82, 2.24) is 29.8 Å². The van der Waals surface area contributed by atoms with Crippen LogP contribution in [0.15, 0.2) is 24.8 Å². The number of rotatable bonds is 6.